The second-order valence-electron chi connectivity index (χ2n) is 6.38. The van der Waals surface area contributed by atoms with Gasteiger partial charge in [0.1, 0.15) is 0 Å². The lowest BCUT2D eigenvalue weighted by Gasteiger charge is -2.23. The number of ether oxygens (including phenoxy) is 1. The molecule has 0 N–H and O–H groups in total. The Labute approximate surface area is 167 Å². The number of nitrogens with zero attached hydrogens (tertiary/aromatic N) is 3. The smallest absolute Gasteiger partial charge is 0.310 e. The van der Waals surface area contributed by atoms with Gasteiger partial charge in [-0.05, 0) is 31.5 Å². The first-order valence-electron chi connectivity index (χ1n) is 8.96. The standard InChI is InChI=1S/C20H21N3O4S/c1-3-16-13-28-20(21-15-10-8-14(2)9-11-15)22(16)19(24)12-27-18-7-5-4-6-17(18)23(25)26/h4-11,16H,3,12-13H2,1-2H3/t16-/m1/s1. The van der Waals surface area contributed by atoms with Crippen LogP contribution in [0.2, 0.25) is 0 Å². The van der Waals surface area contributed by atoms with Gasteiger partial charge in [0, 0.05) is 17.9 Å². The van der Waals surface area contributed by atoms with Crippen LogP contribution < -0.4 is 4.74 Å². The second-order valence-corrected chi connectivity index (χ2v) is 7.37. The Kier molecular flexibility index (Phi) is 6.30. The normalized spacial score (nSPS) is 17.7. The lowest BCUT2D eigenvalue weighted by atomic mass is 10.2. The largest absolute Gasteiger partial charge is 0.477 e. The van der Waals surface area contributed by atoms with E-state index in [1.54, 1.807) is 17.0 Å². The number of carbonyl (C=O) groups is 1. The third-order valence-electron chi connectivity index (χ3n) is 4.39. The zero-order valence-corrected chi connectivity index (χ0v) is 16.5. The fraction of sp³-hybridized carbons (Fsp3) is 0.300. The number of thioether (sulfide) groups is 1. The van der Waals surface area contributed by atoms with Crippen molar-refractivity contribution in [3.8, 4) is 5.75 Å². The fourth-order valence-electron chi connectivity index (χ4n) is 2.84. The number of hydrogen-bond donors (Lipinski definition) is 0. The van der Waals surface area contributed by atoms with Crippen molar-refractivity contribution in [2.24, 2.45) is 4.99 Å². The molecule has 7 nitrogen and oxygen atoms in total. The molecular weight excluding hydrogens is 378 g/mol. The van der Waals surface area contributed by atoms with Crippen molar-refractivity contribution in [3.63, 3.8) is 0 Å². The summed E-state index contributed by atoms with van der Waals surface area (Å²) in [6, 6.07) is 13.8. The van der Waals surface area contributed by atoms with Crippen molar-refractivity contribution >= 4 is 34.2 Å². The number of amides is 1. The molecule has 2 aromatic carbocycles. The summed E-state index contributed by atoms with van der Waals surface area (Å²) < 4.78 is 5.48. The molecule has 0 saturated carbocycles. The SMILES string of the molecule is CC[C@@H]1CSC(=Nc2ccc(C)cc2)N1C(=O)COc1ccccc1[N+](=O)[O-]. The van der Waals surface area contributed by atoms with Crippen molar-refractivity contribution in [3.05, 3.63) is 64.2 Å². The summed E-state index contributed by atoms with van der Waals surface area (Å²) in [5, 5.41) is 11.7. The first-order valence-corrected chi connectivity index (χ1v) is 9.94. The van der Waals surface area contributed by atoms with E-state index >= 15 is 0 Å². The molecular formula is C20H21N3O4S. The summed E-state index contributed by atoms with van der Waals surface area (Å²) in [6.45, 7) is 3.74. The topological polar surface area (TPSA) is 85.0 Å². The van der Waals surface area contributed by atoms with E-state index in [2.05, 4.69) is 4.99 Å². The third kappa shape index (κ3) is 4.51. The van der Waals surface area contributed by atoms with E-state index in [9.17, 15) is 14.9 Å². The predicted octanol–water partition coefficient (Wildman–Crippen LogP) is 4.32. The lowest BCUT2D eigenvalue weighted by molar-refractivity contribution is -0.385. The van der Waals surface area contributed by atoms with Gasteiger partial charge in [0.15, 0.2) is 17.5 Å². The quantitative estimate of drug-likeness (QED) is 0.533. The Morgan fingerprint density at radius 3 is 2.68 bits per heavy atom. The third-order valence-corrected chi connectivity index (χ3v) is 5.49. The van der Waals surface area contributed by atoms with Gasteiger partial charge in [-0.25, -0.2) is 4.99 Å². The molecule has 3 rings (SSSR count). The maximum absolute atomic E-state index is 12.9. The Morgan fingerprint density at radius 1 is 1.29 bits per heavy atom. The maximum Gasteiger partial charge on any atom is 0.310 e. The van der Waals surface area contributed by atoms with Gasteiger partial charge in [-0.15, -0.1) is 0 Å². The van der Waals surface area contributed by atoms with Gasteiger partial charge >= 0.3 is 5.69 Å². The van der Waals surface area contributed by atoms with Crippen LogP contribution in [0.3, 0.4) is 0 Å². The number of para-hydroxylation sites is 2. The van der Waals surface area contributed by atoms with Crippen LogP contribution in [0.4, 0.5) is 11.4 Å². The van der Waals surface area contributed by atoms with Crippen LogP contribution in [-0.2, 0) is 4.79 Å². The summed E-state index contributed by atoms with van der Waals surface area (Å²) in [5.74, 6) is 0.581. The van der Waals surface area contributed by atoms with Crippen LogP contribution in [0.15, 0.2) is 53.5 Å². The highest BCUT2D eigenvalue weighted by Crippen LogP contribution is 2.30. The van der Waals surface area contributed by atoms with Crippen LogP contribution in [0.1, 0.15) is 18.9 Å². The Bertz CT molecular complexity index is 899. The van der Waals surface area contributed by atoms with Crippen LogP contribution in [0, 0.1) is 17.0 Å². The van der Waals surface area contributed by atoms with Gasteiger partial charge in [0.05, 0.1) is 10.6 Å². The molecule has 1 atom stereocenters. The van der Waals surface area contributed by atoms with Crippen molar-refractivity contribution in [2.45, 2.75) is 26.3 Å². The van der Waals surface area contributed by atoms with E-state index in [1.807, 2.05) is 38.1 Å². The highest BCUT2D eigenvalue weighted by molar-refractivity contribution is 8.14. The fourth-order valence-corrected chi connectivity index (χ4v) is 4.12. The zero-order valence-electron chi connectivity index (χ0n) is 15.7. The molecule has 28 heavy (non-hydrogen) atoms. The molecule has 0 aromatic heterocycles. The van der Waals surface area contributed by atoms with Crippen LogP contribution in [-0.4, -0.2) is 39.3 Å². The summed E-state index contributed by atoms with van der Waals surface area (Å²) in [6.07, 6.45) is 0.789. The summed E-state index contributed by atoms with van der Waals surface area (Å²) in [4.78, 5) is 29.7. The molecule has 1 aliphatic rings. The molecule has 1 fully saturated rings. The molecule has 1 heterocycles. The second kappa shape index (κ2) is 8.88. The number of aryl methyl sites for hydroxylation is 1. The molecule has 0 radical (unpaired) electrons. The molecule has 1 amide bonds. The molecule has 1 saturated heterocycles. The minimum Gasteiger partial charge on any atom is -0.477 e. The van der Waals surface area contributed by atoms with Crippen LogP contribution in [0.5, 0.6) is 5.75 Å². The minimum atomic E-state index is -0.523. The van der Waals surface area contributed by atoms with E-state index in [4.69, 9.17) is 4.74 Å². The number of amidine groups is 1. The highest BCUT2D eigenvalue weighted by atomic mass is 32.2. The number of nitro groups is 1. The Hall–Kier alpha value is -2.87. The Morgan fingerprint density at radius 2 is 2.00 bits per heavy atom. The number of nitro benzene ring substituents is 1. The van der Waals surface area contributed by atoms with Gasteiger partial charge in [-0.2, -0.15) is 0 Å². The van der Waals surface area contributed by atoms with E-state index in [-0.39, 0.29) is 30.0 Å². The number of carbonyl (C=O) groups excluding carboxylic acids is 1. The van der Waals surface area contributed by atoms with Crippen LogP contribution in [0.25, 0.3) is 0 Å². The molecule has 0 aliphatic carbocycles. The van der Waals surface area contributed by atoms with Gasteiger partial charge in [0.25, 0.3) is 5.91 Å². The van der Waals surface area contributed by atoms with Crippen molar-refractivity contribution < 1.29 is 14.5 Å². The van der Waals surface area contributed by atoms with E-state index < -0.39 is 4.92 Å². The highest BCUT2D eigenvalue weighted by Gasteiger charge is 2.34. The van der Waals surface area contributed by atoms with E-state index in [0.29, 0.717) is 5.17 Å². The predicted molar refractivity (Wildman–Crippen MR) is 110 cm³/mol. The van der Waals surface area contributed by atoms with E-state index in [1.165, 1.54) is 23.9 Å². The Balaban J connectivity index is 1.77. The van der Waals surface area contributed by atoms with Gasteiger partial charge in [0.2, 0.25) is 0 Å². The molecule has 0 bridgehead atoms. The van der Waals surface area contributed by atoms with Crippen molar-refractivity contribution in [1.82, 2.24) is 4.90 Å². The lowest BCUT2D eigenvalue weighted by Crippen LogP contribution is -2.41. The molecule has 1 aliphatic heterocycles. The monoisotopic (exact) mass is 399 g/mol. The van der Waals surface area contributed by atoms with Gasteiger partial charge in [-0.3, -0.25) is 19.8 Å². The molecule has 0 unspecified atom stereocenters. The van der Waals surface area contributed by atoms with Crippen molar-refractivity contribution in [2.75, 3.05) is 12.4 Å². The number of aliphatic imine (C=N–C) groups is 1. The summed E-state index contributed by atoms with van der Waals surface area (Å²) in [7, 11) is 0. The molecule has 0 spiro atoms. The number of benzene rings is 2. The minimum absolute atomic E-state index is 0.0241. The number of hydrogen-bond acceptors (Lipinski definition) is 6. The molecule has 2 aromatic rings. The summed E-state index contributed by atoms with van der Waals surface area (Å²) in [5.41, 5.74) is 1.76. The molecule has 146 valence electrons. The maximum atomic E-state index is 12.9. The first kappa shape index (κ1) is 19.9. The first-order chi connectivity index (χ1) is 13.5. The zero-order chi connectivity index (χ0) is 20.1. The number of rotatable bonds is 6. The average molecular weight is 399 g/mol. The van der Waals surface area contributed by atoms with Gasteiger partial charge in [-0.1, -0.05) is 48.5 Å². The van der Waals surface area contributed by atoms with Crippen LogP contribution >= 0.6 is 11.8 Å². The van der Waals surface area contributed by atoms with Crippen molar-refractivity contribution in [1.29, 1.82) is 0 Å². The average Bonchev–Trinajstić information content (AvgIpc) is 3.10. The van der Waals surface area contributed by atoms with E-state index in [0.717, 1.165) is 23.4 Å². The molecule has 8 heteroatoms. The van der Waals surface area contributed by atoms with Gasteiger partial charge < -0.3 is 4.74 Å². The summed E-state index contributed by atoms with van der Waals surface area (Å²) >= 11 is 1.53.